The van der Waals surface area contributed by atoms with E-state index in [-0.39, 0.29) is 23.1 Å². The molecule has 0 radical (unpaired) electrons. The van der Waals surface area contributed by atoms with Crippen LogP contribution in [0.2, 0.25) is 0 Å². The molecule has 16 rings (SSSR count). The predicted octanol–water partition coefficient (Wildman–Crippen LogP) is 20.1. The van der Waals surface area contributed by atoms with Crippen LogP contribution in [0, 0.1) is 0 Å². The number of hydrogen-bond acceptors (Lipinski definition) is 3. The van der Waals surface area contributed by atoms with E-state index in [1.165, 1.54) is 104 Å². The van der Waals surface area contributed by atoms with Gasteiger partial charge in [-0.3, -0.25) is 0 Å². The summed E-state index contributed by atoms with van der Waals surface area (Å²) in [6.45, 7) is 20.7. The Morgan fingerprint density at radius 1 is 0.326 bits per heavy atom. The van der Waals surface area contributed by atoms with Crippen LogP contribution in [-0.4, -0.2) is 15.8 Å². The molecule has 6 heteroatoms. The molecule has 0 amide bonds. The number of fused-ring (bicyclic) bond motifs is 13. The van der Waals surface area contributed by atoms with Crippen LogP contribution in [0.5, 0.6) is 0 Å². The minimum atomic E-state index is -0.347. The van der Waals surface area contributed by atoms with Gasteiger partial charge in [0.15, 0.2) is 0 Å². The minimum absolute atomic E-state index is 0.00253. The Morgan fingerprint density at radius 2 is 0.756 bits per heavy atom. The van der Waals surface area contributed by atoms with Gasteiger partial charge in [-0.1, -0.05) is 205 Å². The molecule has 0 atom stereocenters. The average molecular weight is 1110 g/mol. The van der Waals surface area contributed by atoms with Gasteiger partial charge in [0, 0.05) is 88.7 Å². The maximum absolute atomic E-state index is 2.69. The van der Waals surface area contributed by atoms with Crippen LogP contribution in [0.25, 0.3) is 70.8 Å². The topological polar surface area (TPSA) is 19.6 Å². The molecule has 12 aromatic carbocycles. The fourth-order valence-corrected chi connectivity index (χ4v) is 14.7. The van der Waals surface area contributed by atoms with E-state index in [1.807, 2.05) is 0 Å². The Labute approximate surface area is 504 Å². The van der Waals surface area contributed by atoms with Crippen molar-refractivity contribution in [3.63, 3.8) is 0 Å². The molecule has 0 fully saturated rings. The molecule has 4 heterocycles. The van der Waals surface area contributed by atoms with Crippen molar-refractivity contribution in [1.29, 1.82) is 0 Å². The second-order valence-electron chi connectivity index (χ2n) is 26.9. The largest absolute Gasteiger partial charge is 0.335 e. The Bertz CT molecular complexity index is 4960. The van der Waals surface area contributed by atoms with Gasteiger partial charge in [-0.25, -0.2) is 0 Å². The van der Waals surface area contributed by atoms with Crippen molar-refractivity contribution in [2.24, 2.45) is 0 Å². The smallest absolute Gasteiger partial charge is 0.254 e. The molecule has 0 spiro atoms. The molecule has 0 bridgehead atoms. The summed E-state index contributed by atoms with van der Waals surface area (Å²) in [7, 11) is 0. The lowest BCUT2D eigenvalue weighted by Gasteiger charge is -2.45. The molecule has 0 aliphatic carbocycles. The van der Waals surface area contributed by atoms with Crippen LogP contribution in [0.15, 0.2) is 249 Å². The van der Waals surface area contributed by atoms with Gasteiger partial charge in [0.05, 0.1) is 28.1 Å². The summed E-state index contributed by atoms with van der Waals surface area (Å²) in [6.07, 6.45) is 0. The number of hydrogen-bond donors (Lipinski definition) is 0. The molecule has 86 heavy (non-hydrogen) atoms. The SMILES string of the molecule is CC(C)(C)c1ccc(N(c2ccc(C(C)(C)C)cc2)c2ccc3c(c2)N(c2cccc4ccccc24)c2cccc4c2B3c2c(cc(-n3c5ccccc5c5ccccc53)c3c5ccccc5n(C(C)(C)C)c23)N4c2cccc3ccccc23)cc1. The van der Waals surface area contributed by atoms with E-state index in [4.69, 9.17) is 0 Å². The second kappa shape index (κ2) is 18.9. The molecule has 2 aliphatic rings. The molecule has 2 aromatic heterocycles. The van der Waals surface area contributed by atoms with Gasteiger partial charge in [-0.15, -0.1) is 0 Å². The average Bonchev–Trinajstić information content (AvgIpc) is 1.22. The highest BCUT2D eigenvalue weighted by Gasteiger charge is 2.47. The van der Waals surface area contributed by atoms with Gasteiger partial charge in [-0.2, -0.15) is 0 Å². The second-order valence-corrected chi connectivity index (χ2v) is 26.9. The first-order valence-electron chi connectivity index (χ1n) is 30.5. The normalized spacial score (nSPS) is 13.3. The van der Waals surface area contributed by atoms with Gasteiger partial charge in [0.25, 0.3) is 6.71 Å². The third kappa shape index (κ3) is 7.78. The monoisotopic (exact) mass is 1110 g/mol. The van der Waals surface area contributed by atoms with Crippen molar-refractivity contribution in [2.45, 2.75) is 78.7 Å². The van der Waals surface area contributed by atoms with Crippen molar-refractivity contribution < 1.29 is 0 Å². The van der Waals surface area contributed by atoms with Crippen LogP contribution in [0.4, 0.5) is 51.2 Å². The quantitative estimate of drug-likeness (QED) is 0.155. The van der Waals surface area contributed by atoms with Crippen LogP contribution >= 0.6 is 0 Å². The van der Waals surface area contributed by atoms with Crippen molar-refractivity contribution in [2.75, 3.05) is 14.7 Å². The Kier molecular flexibility index (Phi) is 11.4. The lowest BCUT2D eigenvalue weighted by molar-refractivity contribution is 0.424. The summed E-state index contributed by atoms with van der Waals surface area (Å²) in [5, 5.41) is 9.76. The number of para-hydroxylation sites is 3. The lowest BCUT2D eigenvalue weighted by Crippen LogP contribution is -2.62. The summed E-state index contributed by atoms with van der Waals surface area (Å²) in [4.78, 5) is 7.71. The van der Waals surface area contributed by atoms with Crippen molar-refractivity contribution in [3.05, 3.63) is 260 Å². The number of aromatic nitrogens is 2. The molecular weight excluding hydrogens is 1040 g/mol. The van der Waals surface area contributed by atoms with E-state index >= 15 is 0 Å². The van der Waals surface area contributed by atoms with Gasteiger partial charge in [0.2, 0.25) is 0 Å². The Balaban J connectivity index is 1.07. The number of nitrogens with zero attached hydrogens (tertiary/aromatic N) is 5. The van der Waals surface area contributed by atoms with Crippen LogP contribution < -0.4 is 31.1 Å². The van der Waals surface area contributed by atoms with Gasteiger partial charge in [-0.05, 0) is 155 Å². The summed E-state index contributed by atoms with van der Waals surface area (Å²) >= 11 is 0. The Hall–Kier alpha value is -9.78. The fourth-order valence-electron chi connectivity index (χ4n) is 14.7. The van der Waals surface area contributed by atoms with Crippen molar-refractivity contribution >= 4 is 139 Å². The maximum Gasteiger partial charge on any atom is 0.254 e. The molecule has 0 N–H and O–H groups in total. The highest BCUT2D eigenvalue weighted by atomic mass is 15.2. The molecule has 0 saturated carbocycles. The molecule has 2 aliphatic heterocycles. The first-order valence-corrected chi connectivity index (χ1v) is 30.5. The van der Waals surface area contributed by atoms with E-state index in [9.17, 15) is 0 Å². The lowest BCUT2D eigenvalue weighted by atomic mass is 9.33. The zero-order valence-corrected chi connectivity index (χ0v) is 50.5. The number of anilines is 9. The van der Waals surface area contributed by atoms with Gasteiger partial charge >= 0.3 is 0 Å². The van der Waals surface area contributed by atoms with E-state index < -0.39 is 0 Å². The first kappa shape index (κ1) is 51.8. The number of rotatable bonds is 6. The molecule has 0 unspecified atom stereocenters. The zero-order chi connectivity index (χ0) is 58.5. The van der Waals surface area contributed by atoms with Crippen molar-refractivity contribution in [1.82, 2.24) is 9.13 Å². The molecule has 0 saturated heterocycles. The van der Waals surface area contributed by atoms with Crippen LogP contribution in [0.3, 0.4) is 0 Å². The molecule has 416 valence electrons. The van der Waals surface area contributed by atoms with Crippen LogP contribution in [0.1, 0.15) is 73.4 Å². The van der Waals surface area contributed by atoms with E-state index in [0.29, 0.717) is 0 Å². The minimum Gasteiger partial charge on any atom is -0.335 e. The van der Waals surface area contributed by atoms with Crippen LogP contribution in [-0.2, 0) is 16.4 Å². The summed E-state index contributed by atoms with van der Waals surface area (Å²) < 4.78 is 5.26. The first-order chi connectivity index (χ1) is 41.6. The van der Waals surface area contributed by atoms with Gasteiger partial charge in [0.1, 0.15) is 0 Å². The molecular formula is C80H68BN5. The fraction of sp³-hybridized carbons (Fsp3) is 0.150. The third-order valence-corrected chi connectivity index (χ3v) is 18.6. The summed E-state index contributed by atoms with van der Waals surface area (Å²) in [5.74, 6) is 0. The van der Waals surface area contributed by atoms with E-state index in [2.05, 4.69) is 335 Å². The highest BCUT2D eigenvalue weighted by Crippen LogP contribution is 2.52. The molecule has 5 nitrogen and oxygen atoms in total. The van der Waals surface area contributed by atoms with Gasteiger partial charge < -0.3 is 23.8 Å². The third-order valence-electron chi connectivity index (χ3n) is 18.6. The summed E-state index contributed by atoms with van der Waals surface area (Å²) in [5.41, 5.74) is 22.3. The molecule has 14 aromatic rings. The van der Waals surface area contributed by atoms with E-state index in [1.54, 1.807) is 0 Å². The summed E-state index contributed by atoms with van der Waals surface area (Å²) in [6, 6.07) is 94.3. The number of benzene rings is 12. The standard InChI is InChI=1S/C80H68BN5/c1-78(2,3)53-39-43-55(44-40-53)82(56-45-41-54(42-46-56)79(4,5)6)57-47-48-63-71(49-57)84(64-35-20-25-51-23-10-12-27-58(51)64)69-37-22-38-70-75(69)81(63)76-73(85(70)65-36-21-26-52-24-11-13-28-59(52)65)50-72(74-62-31-16-19-34-68(62)86(77(74)76)80(7,8)9)83-66-32-17-14-29-60(66)61-30-15-18-33-67(61)83/h10-50H,1-9H3. The zero-order valence-electron chi connectivity index (χ0n) is 50.5. The van der Waals surface area contributed by atoms with Crippen molar-refractivity contribution in [3.8, 4) is 5.69 Å². The van der Waals surface area contributed by atoms with E-state index in [0.717, 1.165) is 45.5 Å². The maximum atomic E-state index is 2.69. The Morgan fingerprint density at radius 3 is 1.28 bits per heavy atom. The predicted molar refractivity (Wildman–Crippen MR) is 370 cm³/mol. The highest BCUT2D eigenvalue weighted by molar-refractivity contribution is 7.01.